The summed E-state index contributed by atoms with van der Waals surface area (Å²) in [7, 11) is 1.77. The Morgan fingerprint density at radius 2 is 1.92 bits per heavy atom. The van der Waals surface area contributed by atoms with Crippen LogP contribution in [0.25, 0.3) is 5.57 Å². The van der Waals surface area contributed by atoms with Crippen LogP contribution >= 0.6 is 0 Å². The third-order valence-corrected chi connectivity index (χ3v) is 3.51. The van der Waals surface area contributed by atoms with Crippen molar-refractivity contribution in [3.63, 3.8) is 0 Å². The largest absolute Gasteiger partial charge is 0.416 e. The van der Waals surface area contributed by atoms with Crippen LogP contribution in [0.3, 0.4) is 0 Å². The Hall–Kier alpha value is -2.64. The number of aryl methyl sites for hydroxylation is 1. The quantitative estimate of drug-likeness (QED) is 0.872. The Labute approximate surface area is 137 Å². The van der Waals surface area contributed by atoms with Crippen molar-refractivity contribution in [2.24, 2.45) is 7.05 Å². The first-order valence-corrected chi connectivity index (χ1v) is 7.19. The lowest BCUT2D eigenvalue weighted by atomic mass is 10.0. The zero-order valence-corrected chi connectivity index (χ0v) is 13.4. The van der Waals surface area contributed by atoms with Crippen LogP contribution in [0, 0.1) is 0 Å². The molecule has 1 atom stereocenters. The van der Waals surface area contributed by atoms with E-state index in [1.165, 1.54) is 24.5 Å². The second kappa shape index (κ2) is 6.86. The van der Waals surface area contributed by atoms with Crippen molar-refractivity contribution in [2.45, 2.75) is 26.1 Å². The van der Waals surface area contributed by atoms with Gasteiger partial charge >= 0.3 is 6.18 Å². The minimum absolute atomic E-state index is 0.346. The molecule has 1 aromatic carbocycles. The third-order valence-electron chi connectivity index (χ3n) is 3.51. The number of hydrogen-bond donors (Lipinski definition) is 1. The molecule has 0 radical (unpaired) electrons. The van der Waals surface area contributed by atoms with E-state index in [9.17, 15) is 18.0 Å². The minimum atomic E-state index is -4.38. The average molecular weight is 338 g/mol. The van der Waals surface area contributed by atoms with Crippen LogP contribution < -0.4 is 5.32 Å². The number of aromatic nitrogens is 3. The number of benzene rings is 1. The zero-order chi connectivity index (χ0) is 17.9. The molecule has 0 unspecified atom stereocenters. The van der Waals surface area contributed by atoms with Gasteiger partial charge in [-0.2, -0.15) is 13.2 Å². The Morgan fingerprint density at radius 1 is 1.29 bits per heavy atom. The summed E-state index contributed by atoms with van der Waals surface area (Å²) in [6.07, 6.45) is -1.50. The van der Waals surface area contributed by atoms with E-state index in [0.29, 0.717) is 17.0 Å². The molecule has 1 aromatic heterocycles. The standard InChI is InChI=1S/C16H17F3N4O/c1-10(12-4-6-13(7-5-12)16(17,18)19)8-14(24)21-11(2)15-22-20-9-23(15)3/h4-9,11H,1-3H3,(H,21,24)/b10-8-/t11-/m1/s1. The van der Waals surface area contributed by atoms with E-state index in [0.717, 1.165) is 12.1 Å². The lowest BCUT2D eigenvalue weighted by molar-refractivity contribution is -0.137. The SMILES string of the molecule is C/C(=C/C(=O)N[C@H](C)c1nncn1C)c1ccc(C(F)(F)F)cc1. The monoisotopic (exact) mass is 338 g/mol. The van der Waals surface area contributed by atoms with E-state index in [1.807, 2.05) is 0 Å². The maximum absolute atomic E-state index is 12.5. The van der Waals surface area contributed by atoms with Crippen LogP contribution in [0.15, 0.2) is 36.7 Å². The van der Waals surface area contributed by atoms with E-state index in [2.05, 4.69) is 15.5 Å². The number of nitrogens with zero attached hydrogens (tertiary/aromatic N) is 3. The highest BCUT2D eigenvalue weighted by atomic mass is 19.4. The van der Waals surface area contributed by atoms with Gasteiger partial charge in [-0.15, -0.1) is 10.2 Å². The highest BCUT2D eigenvalue weighted by Crippen LogP contribution is 2.30. The molecule has 2 aromatic rings. The molecule has 1 amide bonds. The summed E-state index contributed by atoms with van der Waals surface area (Å²) in [5, 5.41) is 10.4. The molecule has 0 fully saturated rings. The molecule has 8 heteroatoms. The summed E-state index contributed by atoms with van der Waals surface area (Å²) in [6.45, 7) is 3.43. The van der Waals surface area contributed by atoms with Crippen LogP contribution in [-0.2, 0) is 18.0 Å². The summed E-state index contributed by atoms with van der Waals surface area (Å²) in [4.78, 5) is 12.0. The molecule has 2 rings (SSSR count). The van der Waals surface area contributed by atoms with E-state index in [4.69, 9.17) is 0 Å². The van der Waals surface area contributed by atoms with Crippen LogP contribution in [0.4, 0.5) is 13.2 Å². The number of rotatable bonds is 4. The summed E-state index contributed by atoms with van der Waals surface area (Å²) >= 11 is 0. The molecular weight excluding hydrogens is 321 g/mol. The molecule has 0 aliphatic rings. The Bertz CT molecular complexity index is 747. The average Bonchev–Trinajstić information content (AvgIpc) is 2.92. The van der Waals surface area contributed by atoms with E-state index < -0.39 is 11.7 Å². The fourth-order valence-electron chi connectivity index (χ4n) is 2.21. The molecule has 0 saturated carbocycles. The maximum Gasteiger partial charge on any atom is 0.416 e. The highest BCUT2D eigenvalue weighted by Gasteiger charge is 2.29. The van der Waals surface area contributed by atoms with Crippen molar-refractivity contribution in [1.29, 1.82) is 0 Å². The lowest BCUT2D eigenvalue weighted by Gasteiger charge is -2.12. The molecule has 0 aliphatic carbocycles. The predicted molar refractivity (Wildman–Crippen MR) is 82.7 cm³/mol. The summed E-state index contributed by atoms with van der Waals surface area (Å²) in [5.74, 6) is 0.242. The smallest absolute Gasteiger partial charge is 0.343 e. The van der Waals surface area contributed by atoms with Gasteiger partial charge in [0.1, 0.15) is 6.33 Å². The Morgan fingerprint density at radius 3 is 2.42 bits per heavy atom. The number of carbonyl (C=O) groups is 1. The van der Waals surface area contributed by atoms with Gasteiger partial charge in [0, 0.05) is 13.1 Å². The molecule has 0 saturated heterocycles. The van der Waals surface area contributed by atoms with Crippen molar-refractivity contribution < 1.29 is 18.0 Å². The Kier molecular flexibility index (Phi) is 5.06. The number of carbonyl (C=O) groups excluding carboxylic acids is 1. The first-order chi connectivity index (χ1) is 11.2. The molecule has 5 nitrogen and oxygen atoms in total. The first-order valence-electron chi connectivity index (χ1n) is 7.19. The fourth-order valence-corrected chi connectivity index (χ4v) is 2.21. The molecule has 0 spiro atoms. The van der Waals surface area contributed by atoms with Crippen molar-refractivity contribution in [3.05, 3.63) is 53.6 Å². The maximum atomic E-state index is 12.5. The fraction of sp³-hybridized carbons (Fsp3) is 0.312. The summed E-state index contributed by atoms with van der Waals surface area (Å²) in [5.41, 5.74) is 0.384. The second-order valence-corrected chi connectivity index (χ2v) is 5.43. The molecule has 1 N–H and O–H groups in total. The summed E-state index contributed by atoms with van der Waals surface area (Å²) in [6, 6.07) is 4.32. The molecule has 1 heterocycles. The van der Waals surface area contributed by atoms with Gasteiger partial charge in [-0.3, -0.25) is 4.79 Å². The molecular formula is C16H17F3N4O. The van der Waals surface area contributed by atoms with E-state index in [1.54, 1.807) is 25.5 Å². The van der Waals surface area contributed by atoms with Gasteiger partial charge in [0.15, 0.2) is 5.82 Å². The minimum Gasteiger partial charge on any atom is -0.343 e. The van der Waals surface area contributed by atoms with E-state index in [-0.39, 0.29) is 11.9 Å². The van der Waals surface area contributed by atoms with Gasteiger partial charge in [-0.05, 0) is 37.1 Å². The molecule has 128 valence electrons. The van der Waals surface area contributed by atoms with Crippen LogP contribution in [-0.4, -0.2) is 20.7 Å². The first kappa shape index (κ1) is 17.7. The number of amides is 1. The Balaban J connectivity index is 2.07. The van der Waals surface area contributed by atoms with Gasteiger partial charge in [0.05, 0.1) is 11.6 Å². The molecule has 24 heavy (non-hydrogen) atoms. The number of hydrogen-bond acceptors (Lipinski definition) is 3. The van der Waals surface area contributed by atoms with Crippen molar-refractivity contribution in [3.8, 4) is 0 Å². The zero-order valence-electron chi connectivity index (χ0n) is 13.4. The van der Waals surface area contributed by atoms with Crippen LogP contribution in [0.5, 0.6) is 0 Å². The highest BCUT2D eigenvalue weighted by molar-refractivity contribution is 5.95. The number of nitrogens with one attached hydrogen (secondary N) is 1. The van der Waals surface area contributed by atoms with Gasteiger partial charge in [-0.1, -0.05) is 12.1 Å². The number of allylic oxidation sites excluding steroid dienone is 1. The van der Waals surface area contributed by atoms with Crippen LogP contribution in [0.1, 0.15) is 36.8 Å². The number of alkyl halides is 3. The predicted octanol–water partition coefficient (Wildman–Crippen LogP) is 3.11. The van der Waals surface area contributed by atoms with Gasteiger partial charge in [-0.25, -0.2) is 0 Å². The normalized spacial score (nSPS) is 13.7. The molecule has 0 bridgehead atoms. The molecule has 0 aliphatic heterocycles. The van der Waals surface area contributed by atoms with Gasteiger partial charge in [0.2, 0.25) is 5.91 Å². The summed E-state index contributed by atoms with van der Waals surface area (Å²) < 4.78 is 39.3. The number of halogens is 3. The third kappa shape index (κ3) is 4.21. The lowest BCUT2D eigenvalue weighted by Crippen LogP contribution is -2.26. The van der Waals surface area contributed by atoms with Crippen molar-refractivity contribution in [1.82, 2.24) is 20.1 Å². The van der Waals surface area contributed by atoms with Crippen molar-refractivity contribution in [2.75, 3.05) is 0 Å². The van der Waals surface area contributed by atoms with Gasteiger partial charge in [0.25, 0.3) is 0 Å². The topological polar surface area (TPSA) is 59.8 Å². The second-order valence-electron chi connectivity index (χ2n) is 5.43. The van der Waals surface area contributed by atoms with Gasteiger partial charge < -0.3 is 9.88 Å². The van der Waals surface area contributed by atoms with Crippen LogP contribution in [0.2, 0.25) is 0 Å². The van der Waals surface area contributed by atoms with E-state index >= 15 is 0 Å². The van der Waals surface area contributed by atoms with Crippen molar-refractivity contribution >= 4 is 11.5 Å².